The highest BCUT2D eigenvalue weighted by molar-refractivity contribution is 5.41. The molecular weight excluding hydrogens is 198 g/mol. The largest absolute Gasteiger partial charge is 0.508 e. The van der Waals surface area contributed by atoms with Crippen molar-refractivity contribution in [1.82, 2.24) is 4.90 Å². The van der Waals surface area contributed by atoms with E-state index in [4.69, 9.17) is 0 Å². The lowest BCUT2D eigenvalue weighted by Gasteiger charge is -2.47. The lowest BCUT2D eigenvalue weighted by molar-refractivity contribution is 0.0991. The van der Waals surface area contributed by atoms with Gasteiger partial charge in [-0.1, -0.05) is 13.0 Å². The minimum absolute atomic E-state index is 0.420. The maximum Gasteiger partial charge on any atom is 0.115 e. The monoisotopic (exact) mass is 217 g/mol. The number of phenols is 1. The van der Waals surface area contributed by atoms with E-state index < -0.39 is 0 Å². The molecule has 1 aromatic rings. The summed E-state index contributed by atoms with van der Waals surface area (Å²) < 4.78 is 0. The van der Waals surface area contributed by atoms with Crippen molar-refractivity contribution in [1.29, 1.82) is 0 Å². The Bertz CT molecular complexity index is 415. The van der Waals surface area contributed by atoms with E-state index in [0.29, 0.717) is 23.6 Å². The summed E-state index contributed by atoms with van der Waals surface area (Å²) in [5.41, 5.74) is 2.84. The molecule has 1 aromatic carbocycles. The summed E-state index contributed by atoms with van der Waals surface area (Å²) in [5, 5.41) is 9.61. The lowest BCUT2D eigenvalue weighted by Crippen LogP contribution is -2.49. The number of benzene rings is 1. The Kier molecular flexibility index (Phi) is 2.21. The zero-order valence-electron chi connectivity index (χ0n) is 9.98. The minimum atomic E-state index is 0.420. The Balaban J connectivity index is 2.07. The smallest absolute Gasteiger partial charge is 0.115 e. The molecule has 0 unspecified atom stereocenters. The average molecular weight is 217 g/mol. The van der Waals surface area contributed by atoms with Gasteiger partial charge in [0.1, 0.15) is 5.75 Å². The second kappa shape index (κ2) is 3.49. The molecule has 0 spiro atoms. The summed E-state index contributed by atoms with van der Waals surface area (Å²) in [5.74, 6) is 1.79. The van der Waals surface area contributed by atoms with Crippen LogP contribution in [0.4, 0.5) is 0 Å². The summed E-state index contributed by atoms with van der Waals surface area (Å²) in [6, 6.07) is 6.61. The van der Waals surface area contributed by atoms with E-state index in [1.54, 1.807) is 0 Å². The number of likely N-dealkylation sites (tertiary alicyclic amines) is 1. The Morgan fingerprint density at radius 1 is 1.38 bits per heavy atom. The molecule has 0 amide bonds. The third-order valence-corrected chi connectivity index (χ3v) is 4.56. The van der Waals surface area contributed by atoms with Crippen molar-refractivity contribution in [3.63, 3.8) is 0 Å². The number of hydrogen-bond donors (Lipinski definition) is 1. The maximum absolute atomic E-state index is 9.61. The number of fused-ring (bicyclic) bond motifs is 4. The van der Waals surface area contributed by atoms with Crippen molar-refractivity contribution in [2.24, 2.45) is 5.92 Å². The van der Waals surface area contributed by atoms with Crippen LogP contribution in [0.1, 0.15) is 30.4 Å². The van der Waals surface area contributed by atoms with Gasteiger partial charge in [-0.15, -0.1) is 0 Å². The third kappa shape index (κ3) is 1.36. The SMILES string of the molecule is C[C@@H]1[C@@H]2CCN(C)[C@@H]1Cc1ccc(O)cc12. The van der Waals surface area contributed by atoms with Gasteiger partial charge in [0.05, 0.1) is 0 Å². The zero-order chi connectivity index (χ0) is 11.3. The van der Waals surface area contributed by atoms with E-state index >= 15 is 0 Å². The molecule has 1 N–H and O–H groups in total. The van der Waals surface area contributed by atoms with Crippen LogP contribution in [0.5, 0.6) is 5.75 Å². The average Bonchev–Trinajstić information content (AvgIpc) is 2.25. The standard InChI is InChI=1S/C14H19NO/c1-9-12-5-6-15(2)14(9)7-10-3-4-11(16)8-13(10)12/h3-4,8-9,12,14,16H,5-7H2,1-2H3/t9-,12+,14-/m1/s1. The molecule has 1 aliphatic carbocycles. The predicted octanol–water partition coefficient (Wildman–Crippen LogP) is 2.37. The van der Waals surface area contributed by atoms with E-state index in [0.717, 1.165) is 6.42 Å². The van der Waals surface area contributed by atoms with E-state index in [-0.39, 0.29) is 0 Å². The first-order chi connectivity index (χ1) is 7.66. The van der Waals surface area contributed by atoms with Crippen LogP contribution < -0.4 is 0 Å². The van der Waals surface area contributed by atoms with Crippen LogP contribution in [0.2, 0.25) is 0 Å². The van der Waals surface area contributed by atoms with Crippen molar-refractivity contribution in [3.05, 3.63) is 29.3 Å². The van der Waals surface area contributed by atoms with E-state index in [1.165, 1.54) is 24.1 Å². The normalized spacial score (nSPS) is 33.5. The van der Waals surface area contributed by atoms with Gasteiger partial charge >= 0.3 is 0 Å². The summed E-state index contributed by atoms with van der Waals surface area (Å²) in [4.78, 5) is 2.50. The molecule has 3 atom stereocenters. The van der Waals surface area contributed by atoms with Gasteiger partial charge in [0.15, 0.2) is 0 Å². The maximum atomic E-state index is 9.61. The summed E-state index contributed by atoms with van der Waals surface area (Å²) in [6.45, 7) is 3.55. The number of likely N-dealkylation sites (N-methyl/N-ethyl adjacent to an activating group) is 1. The molecule has 1 aliphatic heterocycles. The predicted molar refractivity (Wildman–Crippen MR) is 64.8 cm³/mol. The minimum Gasteiger partial charge on any atom is -0.508 e. The molecule has 0 radical (unpaired) electrons. The molecule has 16 heavy (non-hydrogen) atoms. The fraction of sp³-hybridized carbons (Fsp3) is 0.571. The van der Waals surface area contributed by atoms with Crippen molar-refractivity contribution in [2.45, 2.75) is 31.7 Å². The Morgan fingerprint density at radius 3 is 3.00 bits per heavy atom. The van der Waals surface area contributed by atoms with Crippen molar-refractivity contribution in [3.8, 4) is 5.75 Å². The Morgan fingerprint density at radius 2 is 2.19 bits per heavy atom. The van der Waals surface area contributed by atoms with Gasteiger partial charge in [-0.2, -0.15) is 0 Å². The van der Waals surface area contributed by atoms with Gasteiger partial charge in [-0.3, -0.25) is 0 Å². The lowest BCUT2D eigenvalue weighted by atomic mass is 9.69. The second-order valence-corrected chi connectivity index (χ2v) is 5.39. The number of piperidine rings is 1. The van der Waals surface area contributed by atoms with Gasteiger partial charge in [-0.05, 0) is 61.5 Å². The van der Waals surface area contributed by atoms with E-state index in [9.17, 15) is 5.11 Å². The molecule has 1 saturated heterocycles. The molecule has 2 aliphatic rings. The molecule has 2 nitrogen and oxygen atoms in total. The van der Waals surface area contributed by atoms with Gasteiger partial charge < -0.3 is 10.0 Å². The fourth-order valence-electron chi connectivity index (χ4n) is 3.56. The van der Waals surface area contributed by atoms with E-state index in [2.05, 4.69) is 24.9 Å². The second-order valence-electron chi connectivity index (χ2n) is 5.39. The highest BCUT2D eigenvalue weighted by atomic mass is 16.3. The van der Waals surface area contributed by atoms with Crippen LogP contribution in [0.3, 0.4) is 0 Å². The zero-order valence-corrected chi connectivity index (χ0v) is 9.98. The summed E-state index contributed by atoms with van der Waals surface area (Å²) >= 11 is 0. The molecule has 3 rings (SSSR count). The first-order valence-electron chi connectivity index (χ1n) is 6.19. The van der Waals surface area contributed by atoms with Gasteiger partial charge in [0.2, 0.25) is 0 Å². The van der Waals surface area contributed by atoms with Gasteiger partial charge in [0.25, 0.3) is 0 Å². The van der Waals surface area contributed by atoms with Crippen LogP contribution in [-0.4, -0.2) is 29.6 Å². The molecule has 2 bridgehead atoms. The van der Waals surface area contributed by atoms with Crippen LogP contribution in [0.25, 0.3) is 0 Å². The quantitative estimate of drug-likeness (QED) is 0.721. The highest BCUT2D eigenvalue weighted by Crippen LogP contribution is 2.44. The Hall–Kier alpha value is -1.02. The topological polar surface area (TPSA) is 23.5 Å². The number of phenolic OH excluding ortho intramolecular Hbond substituents is 1. The van der Waals surface area contributed by atoms with Crippen molar-refractivity contribution < 1.29 is 5.11 Å². The molecular formula is C14H19NO. The first kappa shape index (κ1) is 10.2. The molecule has 1 heterocycles. The summed E-state index contributed by atoms with van der Waals surface area (Å²) in [6.07, 6.45) is 2.37. The number of rotatable bonds is 0. The third-order valence-electron chi connectivity index (χ3n) is 4.56. The number of aromatic hydroxyl groups is 1. The summed E-state index contributed by atoms with van der Waals surface area (Å²) in [7, 11) is 2.24. The Labute approximate surface area is 96.9 Å². The van der Waals surface area contributed by atoms with Crippen LogP contribution in [-0.2, 0) is 6.42 Å². The first-order valence-corrected chi connectivity index (χ1v) is 6.19. The highest BCUT2D eigenvalue weighted by Gasteiger charge is 2.39. The van der Waals surface area contributed by atoms with Crippen LogP contribution >= 0.6 is 0 Å². The number of nitrogens with zero attached hydrogens (tertiary/aromatic N) is 1. The molecule has 1 fully saturated rings. The molecule has 86 valence electrons. The molecule has 2 heteroatoms. The van der Waals surface area contributed by atoms with E-state index in [1.807, 2.05) is 12.1 Å². The van der Waals surface area contributed by atoms with Gasteiger partial charge in [-0.25, -0.2) is 0 Å². The number of hydrogen-bond acceptors (Lipinski definition) is 2. The van der Waals surface area contributed by atoms with Gasteiger partial charge in [0, 0.05) is 6.04 Å². The van der Waals surface area contributed by atoms with Crippen LogP contribution in [0.15, 0.2) is 18.2 Å². The van der Waals surface area contributed by atoms with Crippen molar-refractivity contribution in [2.75, 3.05) is 13.6 Å². The molecule has 0 saturated carbocycles. The fourth-order valence-corrected chi connectivity index (χ4v) is 3.56. The molecule has 0 aromatic heterocycles. The van der Waals surface area contributed by atoms with Crippen molar-refractivity contribution >= 4 is 0 Å². The van der Waals surface area contributed by atoms with Crippen LogP contribution in [0, 0.1) is 5.92 Å².